The molecule has 0 unspecified atom stereocenters. The van der Waals surface area contributed by atoms with Gasteiger partial charge >= 0.3 is 0 Å². The maximum Gasteiger partial charge on any atom is 0.278 e. The summed E-state index contributed by atoms with van der Waals surface area (Å²) in [4.78, 5) is 20.2. The molecule has 6 heteroatoms. The quantitative estimate of drug-likeness (QED) is 0.439. The Bertz CT molecular complexity index is 1160. The summed E-state index contributed by atoms with van der Waals surface area (Å²) in [6, 6.07) is 16.2. The number of hydrogen-bond acceptors (Lipinski definition) is 4. The molecule has 4 aromatic rings. The third-order valence-electron chi connectivity index (χ3n) is 4.86. The summed E-state index contributed by atoms with van der Waals surface area (Å²) >= 11 is 1.56. The van der Waals surface area contributed by atoms with Crippen molar-refractivity contribution < 1.29 is 4.79 Å². The molecular weight excluding hydrogens is 380 g/mol. The number of anilines is 1. The molecule has 0 bridgehead atoms. The maximum absolute atomic E-state index is 13.6. The summed E-state index contributed by atoms with van der Waals surface area (Å²) in [6.45, 7) is 8.65. The number of carbonyl (C=O) groups excluding carboxylic acids is 1. The number of amides is 1. The third-order valence-corrected chi connectivity index (χ3v) is 5.88. The largest absolute Gasteiger partial charge is 0.278 e. The monoisotopic (exact) mass is 404 g/mol. The van der Waals surface area contributed by atoms with E-state index < -0.39 is 0 Å². The van der Waals surface area contributed by atoms with Crippen molar-refractivity contribution in [3.8, 4) is 0 Å². The van der Waals surface area contributed by atoms with Crippen molar-refractivity contribution in [3.63, 3.8) is 0 Å². The Labute approximate surface area is 174 Å². The number of carbonyl (C=O) groups is 1. The van der Waals surface area contributed by atoms with E-state index in [1.54, 1.807) is 33.2 Å². The number of rotatable bonds is 5. The minimum absolute atomic E-state index is 0.0894. The first kappa shape index (κ1) is 19.3. The van der Waals surface area contributed by atoms with Gasteiger partial charge in [0.15, 0.2) is 5.13 Å². The van der Waals surface area contributed by atoms with Gasteiger partial charge in [0, 0.05) is 12.2 Å². The fourth-order valence-electron chi connectivity index (χ4n) is 3.50. The molecule has 0 N–H and O–H groups in total. The van der Waals surface area contributed by atoms with Gasteiger partial charge in [-0.3, -0.25) is 14.4 Å². The molecule has 0 saturated heterocycles. The lowest BCUT2D eigenvalue weighted by Gasteiger charge is -2.21. The highest BCUT2D eigenvalue weighted by atomic mass is 32.1. The Balaban J connectivity index is 1.81. The van der Waals surface area contributed by atoms with Crippen LogP contribution in [0.15, 0.2) is 54.7 Å². The predicted octanol–water partition coefficient (Wildman–Crippen LogP) is 5.54. The Kier molecular flexibility index (Phi) is 5.20. The van der Waals surface area contributed by atoms with E-state index in [9.17, 15) is 4.79 Å². The van der Waals surface area contributed by atoms with Crippen molar-refractivity contribution in [1.29, 1.82) is 0 Å². The van der Waals surface area contributed by atoms with Crippen LogP contribution >= 0.6 is 11.3 Å². The average Bonchev–Trinajstić information content (AvgIpc) is 3.33. The van der Waals surface area contributed by atoms with Crippen molar-refractivity contribution in [2.75, 3.05) is 4.90 Å². The van der Waals surface area contributed by atoms with E-state index in [2.05, 4.69) is 31.1 Å². The number of aryl methyl sites for hydroxylation is 2. The minimum atomic E-state index is -0.0894. The van der Waals surface area contributed by atoms with Crippen LogP contribution in [0.2, 0.25) is 0 Å². The lowest BCUT2D eigenvalue weighted by atomic mass is 10.1. The standard InChI is InChI=1S/C23H24N4OS/c1-15(2)27-19(10-11-24-27)22(28)26(14-18-8-6-5-7-9-18)23-25-21-17(4)12-16(3)13-20(21)29-23/h5-13,15H,14H2,1-4H3. The predicted molar refractivity (Wildman–Crippen MR) is 119 cm³/mol. The summed E-state index contributed by atoms with van der Waals surface area (Å²) < 4.78 is 2.86. The van der Waals surface area contributed by atoms with Gasteiger partial charge in [0.05, 0.1) is 16.8 Å². The highest BCUT2D eigenvalue weighted by Crippen LogP contribution is 2.33. The van der Waals surface area contributed by atoms with Crippen LogP contribution in [0.5, 0.6) is 0 Å². The summed E-state index contributed by atoms with van der Waals surface area (Å²) in [7, 11) is 0. The second-order valence-corrected chi connectivity index (χ2v) is 8.57. The molecule has 0 aliphatic carbocycles. The van der Waals surface area contributed by atoms with E-state index in [1.165, 1.54) is 5.56 Å². The van der Waals surface area contributed by atoms with Crippen molar-refractivity contribution in [3.05, 3.63) is 77.1 Å². The van der Waals surface area contributed by atoms with Crippen molar-refractivity contribution in [2.45, 2.75) is 40.3 Å². The van der Waals surface area contributed by atoms with E-state index >= 15 is 0 Å². The molecule has 0 atom stereocenters. The van der Waals surface area contributed by atoms with Crippen molar-refractivity contribution in [2.24, 2.45) is 0 Å². The highest BCUT2D eigenvalue weighted by Gasteiger charge is 2.25. The average molecular weight is 405 g/mol. The molecule has 0 saturated carbocycles. The van der Waals surface area contributed by atoms with Gasteiger partial charge in [-0.2, -0.15) is 5.10 Å². The van der Waals surface area contributed by atoms with E-state index in [4.69, 9.17) is 4.98 Å². The second-order valence-electron chi connectivity index (χ2n) is 7.56. The van der Waals surface area contributed by atoms with Gasteiger partial charge in [-0.15, -0.1) is 0 Å². The van der Waals surface area contributed by atoms with Gasteiger partial charge in [0.25, 0.3) is 5.91 Å². The molecule has 0 radical (unpaired) electrons. The second kappa shape index (κ2) is 7.79. The lowest BCUT2D eigenvalue weighted by molar-refractivity contribution is 0.0973. The number of nitrogens with zero attached hydrogens (tertiary/aromatic N) is 4. The normalized spacial score (nSPS) is 11.3. The smallest absolute Gasteiger partial charge is 0.278 e. The molecule has 2 heterocycles. The molecule has 4 rings (SSSR count). The zero-order valence-corrected chi connectivity index (χ0v) is 17.9. The Morgan fingerprint density at radius 3 is 2.62 bits per heavy atom. The Morgan fingerprint density at radius 1 is 1.14 bits per heavy atom. The van der Waals surface area contributed by atoms with Crippen LogP contribution in [0.3, 0.4) is 0 Å². The molecule has 29 heavy (non-hydrogen) atoms. The molecule has 2 aromatic carbocycles. The summed E-state index contributed by atoms with van der Waals surface area (Å²) in [5.74, 6) is -0.0894. The Morgan fingerprint density at radius 2 is 1.90 bits per heavy atom. The fourth-order valence-corrected chi connectivity index (χ4v) is 4.64. The van der Waals surface area contributed by atoms with Gasteiger partial charge in [-0.05, 0) is 56.5 Å². The molecule has 148 valence electrons. The summed E-state index contributed by atoms with van der Waals surface area (Å²) in [6.07, 6.45) is 1.68. The first-order chi connectivity index (χ1) is 13.9. The van der Waals surface area contributed by atoms with Crippen molar-refractivity contribution in [1.82, 2.24) is 14.8 Å². The van der Waals surface area contributed by atoms with Crippen LogP contribution in [0, 0.1) is 13.8 Å². The van der Waals surface area contributed by atoms with Gasteiger partial charge in [-0.25, -0.2) is 4.98 Å². The molecule has 0 aliphatic heterocycles. The molecule has 0 aliphatic rings. The summed E-state index contributed by atoms with van der Waals surface area (Å²) in [5.41, 5.74) is 4.91. The van der Waals surface area contributed by atoms with Gasteiger partial charge in [0.2, 0.25) is 0 Å². The van der Waals surface area contributed by atoms with Gasteiger partial charge in [-0.1, -0.05) is 47.7 Å². The van der Waals surface area contributed by atoms with Crippen LogP contribution in [-0.4, -0.2) is 20.7 Å². The van der Waals surface area contributed by atoms with Crippen LogP contribution < -0.4 is 4.90 Å². The third kappa shape index (κ3) is 3.80. The molecule has 5 nitrogen and oxygen atoms in total. The molecule has 2 aromatic heterocycles. The highest BCUT2D eigenvalue weighted by molar-refractivity contribution is 7.22. The lowest BCUT2D eigenvalue weighted by Crippen LogP contribution is -2.32. The van der Waals surface area contributed by atoms with Crippen LogP contribution in [-0.2, 0) is 6.54 Å². The molecule has 0 spiro atoms. The number of thiazole rings is 1. The van der Waals surface area contributed by atoms with Crippen LogP contribution in [0.1, 0.15) is 47.1 Å². The maximum atomic E-state index is 13.6. The van der Waals surface area contributed by atoms with Gasteiger partial charge in [0.1, 0.15) is 5.69 Å². The number of aromatic nitrogens is 3. The fraction of sp³-hybridized carbons (Fsp3) is 0.261. The van der Waals surface area contributed by atoms with E-state index in [0.717, 1.165) is 21.3 Å². The number of benzene rings is 2. The van der Waals surface area contributed by atoms with E-state index in [-0.39, 0.29) is 11.9 Å². The Hall–Kier alpha value is -2.99. The first-order valence-electron chi connectivity index (χ1n) is 9.71. The van der Waals surface area contributed by atoms with E-state index in [0.29, 0.717) is 17.4 Å². The zero-order chi connectivity index (χ0) is 20.5. The number of fused-ring (bicyclic) bond motifs is 1. The first-order valence-corrected chi connectivity index (χ1v) is 10.5. The SMILES string of the molecule is Cc1cc(C)c2nc(N(Cc3ccccc3)C(=O)c3ccnn3C(C)C)sc2c1. The van der Waals surface area contributed by atoms with Gasteiger partial charge < -0.3 is 0 Å². The van der Waals surface area contributed by atoms with Crippen LogP contribution in [0.4, 0.5) is 5.13 Å². The summed E-state index contributed by atoms with van der Waals surface area (Å²) in [5, 5.41) is 5.05. The van der Waals surface area contributed by atoms with Crippen molar-refractivity contribution >= 4 is 32.6 Å². The topological polar surface area (TPSA) is 51.0 Å². The zero-order valence-electron chi connectivity index (χ0n) is 17.1. The molecule has 1 amide bonds. The molecular formula is C23H24N4OS. The van der Waals surface area contributed by atoms with Crippen LogP contribution in [0.25, 0.3) is 10.2 Å². The van der Waals surface area contributed by atoms with E-state index in [1.807, 2.05) is 44.2 Å². The molecule has 0 fully saturated rings. The minimum Gasteiger partial charge on any atom is -0.278 e. The number of hydrogen-bond donors (Lipinski definition) is 0.